The van der Waals surface area contributed by atoms with Gasteiger partial charge in [0.1, 0.15) is 18.1 Å². The maximum Gasteiger partial charge on any atom is 0.341 e. The summed E-state index contributed by atoms with van der Waals surface area (Å²) in [6.45, 7) is -0.181. The maximum atomic E-state index is 12.5. The van der Waals surface area contributed by atoms with Crippen molar-refractivity contribution in [1.82, 2.24) is 4.90 Å². The number of benzene rings is 2. The number of hydrogen-bond donors (Lipinski definition) is 1. The highest BCUT2D eigenvalue weighted by atomic mass is 35.5. The quantitative estimate of drug-likeness (QED) is 0.630. The summed E-state index contributed by atoms with van der Waals surface area (Å²) >= 11 is 6.92. The van der Waals surface area contributed by atoms with E-state index in [1.807, 2.05) is 18.2 Å². The van der Waals surface area contributed by atoms with E-state index in [1.165, 1.54) is 12.1 Å². The second-order valence-electron chi connectivity index (χ2n) is 5.87. The Morgan fingerprint density at radius 1 is 1.14 bits per heavy atom. The average molecular weight is 434 g/mol. The van der Waals surface area contributed by atoms with E-state index in [9.17, 15) is 14.4 Å². The van der Waals surface area contributed by atoms with Gasteiger partial charge < -0.3 is 14.6 Å². The molecule has 1 aliphatic rings. The van der Waals surface area contributed by atoms with Gasteiger partial charge in [0.25, 0.3) is 11.1 Å². The maximum absolute atomic E-state index is 12.5. The molecular weight excluding hydrogens is 418 g/mol. The number of aliphatic carboxylic acids is 1. The molecule has 7 nitrogen and oxygen atoms in total. The SMILES string of the molecule is O=C(O)COc1ccc(/C=C2\SC(=O)N(CCOc3ccccc3)C2=O)cc1Cl. The Bertz CT molecular complexity index is 963. The lowest BCUT2D eigenvalue weighted by Crippen LogP contribution is -2.32. The summed E-state index contributed by atoms with van der Waals surface area (Å²) < 4.78 is 10.6. The first-order chi connectivity index (χ1) is 13.9. The molecule has 150 valence electrons. The highest BCUT2D eigenvalue weighted by Crippen LogP contribution is 2.33. The summed E-state index contributed by atoms with van der Waals surface area (Å²) in [5.41, 5.74) is 0.587. The number of carboxylic acid groups (broad SMARTS) is 1. The van der Waals surface area contributed by atoms with Crippen LogP contribution in [-0.2, 0) is 9.59 Å². The number of nitrogens with zero attached hydrogens (tertiary/aromatic N) is 1. The lowest BCUT2D eigenvalue weighted by molar-refractivity contribution is -0.139. The number of halogens is 1. The van der Waals surface area contributed by atoms with E-state index in [-0.39, 0.29) is 34.1 Å². The molecule has 0 unspecified atom stereocenters. The third-order valence-corrected chi connectivity index (χ3v) is 5.01. The Morgan fingerprint density at radius 3 is 2.59 bits per heavy atom. The molecule has 1 saturated heterocycles. The van der Waals surface area contributed by atoms with Gasteiger partial charge in [0.2, 0.25) is 0 Å². The van der Waals surface area contributed by atoms with E-state index in [4.69, 9.17) is 26.2 Å². The normalized spacial score (nSPS) is 15.1. The van der Waals surface area contributed by atoms with Crippen LogP contribution < -0.4 is 9.47 Å². The summed E-state index contributed by atoms with van der Waals surface area (Å²) in [5, 5.41) is 8.49. The molecule has 2 amide bonds. The van der Waals surface area contributed by atoms with Crippen molar-refractivity contribution >= 4 is 46.6 Å². The Morgan fingerprint density at radius 2 is 1.90 bits per heavy atom. The smallest absolute Gasteiger partial charge is 0.341 e. The summed E-state index contributed by atoms with van der Waals surface area (Å²) in [4.78, 5) is 36.7. The average Bonchev–Trinajstić information content (AvgIpc) is 2.95. The van der Waals surface area contributed by atoms with Crippen molar-refractivity contribution in [2.75, 3.05) is 19.8 Å². The van der Waals surface area contributed by atoms with Crippen LogP contribution in [0.25, 0.3) is 6.08 Å². The largest absolute Gasteiger partial charge is 0.492 e. The van der Waals surface area contributed by atoms with E-state index in [0.29, 0.717) is 11.3 Å². The number of rotatable bonds is 8. The van der Waals surface area contributed by atoms with Crippen molar-refractivity contribution in [1.29, 1.82) is 0 Å². The summed E-state index contributed by atoms with van der Waals surface area (Å²) in [7, 11) is 0. The van der Waals surface area contributed by atoms with Crippen LogP contribution in [0.3, 0.4) is 0 Å². The van der Waals surface area contributed by atoms with Gasteiger partial charge in [0.15, 0.2) is 6.61 Å². The summed E-state index contributed by atoms with van der Waals surface area (Å²) in [6.07, 6.45) is 1.55. The fourth-order valence-electron chi connectivity index (χ4n) is 2.48. The number of hydrogen-bond acceptors (Lipinski definition) is 6. The van der Waals surface area contributed by atoms with Crippen molar-refractivity contribution in [3.63, 3.8) is 0 Å². The van der Waals surface area contributed by atoms with E-state index in [2.05, 4.69) is 0 Å². The van der Waals surface area contributed by atoms with Gasteiger partial charge in [-0.05, 0) is 47.7 Å². The molecule has 2 aromatic rings. The molecule has 1 aliphatic heterocycles. The number of para-hydroxylation sites is 1. The lowest BCUT2D eigenvalue weighted by atomic mass is 10.2. The monoisotopic (exact) mass is 433 g/mol. The first kappa shape index (κ1) is 20.8. The van der Waals surface area contributed by atoms with Gasteiger partial charge in [-0.1, -0.05) is 35.9 Å². The molecule has 0 saturated carbocycles. The van der Waals surface area contributed by atoms with E-state index in [0.717, 1.165) is 16.7 Å². The van der Waals surface area contributed by atoms with Crippen molar-refractivity contribution in [3.05, 3.63) is 64.0 Å². The minimum Gasteiger partial charge on any atom is -0.492 e. The molecule has 0 bridgehead atoms. The van der Waals surface area contributed by atoms with Crippen LogP contribution in [0.2, 0.25) is 5.02 Å². The van der Waals surface area contributed by atoms with Crippen LogP contribution in [0.1, 0.15) is 5.56 Å². The Labute approximate surface area is 175 Å². The molecule has 0 spiro atoms. The lowest BCUT2D eigenvalue weighted by Gasteiger charge is -2.13. The summed E-state index contributed by atoms with van der Waals surface area (Å²) in [6, 6.07) is 13.8. The first-order valence-corrected chi connectivity index (χ1v) is 9.71. The Balaban J connectivity index is 1.63. The Kier molecular flexibility index (Phi) is 6.79. The van der Waals surface area contributed by atoms with Crippen LogP contribution in [0, 0.1) is 0 Å². The minimum absolute atomic E-state index is 0.139. The first-order valence-electron chi connectivity index (χ1n) is 8.51. The second-order valence-corrected chi connectivity index (χ2v) is 7.27. The molecule has 1 fully saturated rings. The van der Waals surface area contributed by atoms with Gasteiger partial charge in [-0.25, -0.2) is 4.79 Å². The number of carbonyl (C=O) groups is 3. The van der Waals surface area contributed by atoms with Gasteiger partial charge in [-0.3, -0.25) is 14.5 Å². The van der Waals surface area contributed by atoms with Crippen LogP contribution in [0.15, 0.2) is 53.4 Å². The van der Waals surface area contributed by atoms with Gasteiger partial charge in [0.05, 0.1) is 16.5 Å². The number of amides is 2. The number of carbonyl (C=O) groups excluding carboxylic acids is 2. The third kappa shape index (κ3) is 5.52. The second kappa shape index (κ2) is 9.49. The fraction of sp³-hybridized carbons (Fsp3) is 0.150. The molecule has 29 heavy (non-hydrogen) atoms. The molecule has 0 aromatic heterocycles. The topological polar surface area (TPSA) is 93.1 Å². The number of ether oxygens (including phenoxy) is 2. The molecule has 2 aromatic carbocycles. The predicted molar refractivity (Wildman–Crippen MR) is 109 cm³/mol. The highest BCUT2D eigenvalue weighted by Gasteiger charge is 2.34. The van der Waals surface area contributed by atoms with Gasteiger partial charge in [-0.15, -0.1) is 0 Å². The van der Waals surface area contributed by atoms with Crippen molar-refractivity contribution in [2.24, 2.45) is 0 Å². The van der Waals surface area contributed by atoms with Crippen molar-refractivity contribution in [3.8, 4) is 11.5 Å². The molecular formula is C20H16ClNO6S. The zero-order valence-corrected chi connectivity index (χ0v) is 16.6. The molecule has 0 radical (unpaired) electrons. The summed E-state index contributed by atoms with van der Waals surface area (Å²) in [5.74, 6) is -0.638. The molecule has 0 aliphatic carbocycles. The standard InChI is InChI=1S/C20H16ClNO6S/c21-15-10-13(6-7-16(15)28-12-18(23)24)11-17-19(25)22(20(26)29-17)8-9-27-14-4-2-1-3-5-14/h1-7,10-11H,8-9,12H2,(H,23,24)/b17-11-. The number of imide groups is 1. The van der Waals surface area contributed by atoms with Gasteiger partial charge in [-0.2, -0.15) is 0 Å². The van der Waals surface area contributed by atoms with Crippen LogP contribution >= 0.6 is 23.4 Å². The number of thioether (sulfide) groups is 1. The Hall–Kier alpha value is -2.97. The van der Waals surface area contributed by atoms with Crippen molar-refractivity contribution < 1.29 is 29.0 Å². The molecule has 1 N–H and O–H groups in total. The highest BCUT2D eigenvalue weighted by molar-refractivity contribution is 8.18. The third-order valence-electron chi connectivity index (χ3n) is 3.81. The van der Waals surface area contributed by atoms with Gasteiger partial charge >= 0.3 is 5.97 Å². The van der Waals surface area contributed by atoms with E-state index < -0.39 is 18.5 Å². The van der Waals surface area contributed by atoms with Crippen molar-refractivity contribution in [2.45, 2.75) is 0 Å². The number of carboxylic acids is 1. The van der Waals surface area contributed by atoms with Crippen LogP contribution in [-0.4, -0.2) is 46.9 Å². The van der Waals surface area contributed by atoms with E-state index >= 15 is 0 Å². The molecule has 9 heteroatoms. The molecule has 0 atom stereocenters. The predicted octanol–water partition coefficient (Wildman–Crippen LogP) is 3.92. The van der Waals surface area contributed by atoms with E-state index in [1.54, 1.807) is 24.3 Å². The molecule has 1 heterocycles. The zero-order valence-electron chi connectivity index (χ0n) is 15.0. The zero-order chi connectivity index (χ0) is 20.8. The van der Waals surface area contributed by atoms with Crippen LogP contribution in [0.4, 0.5) is 4.79 Å². The molecule has 3 rings (SSSR count). The minimum atomic E-state index is -1.12. The fourth-order valence-corrected chi connectivity index (χ4v) is 3.59. The van der Waals surface area contributed by atoms with Gasteiger partial charge in [0, 0.05) is 0 Å². The van der Waals surface area contributed by atoms with Crippen LogP contribution in [0.5, 0.6) is 11.5 Å².